The number of hydrogen-bond acceptors (Lipinski definition) is 1. The fraction of sp³-hybridized carbons (Fsp3) is 0.143. The minimum Gasteiger partial charge on any atom is -0.388 e. The number of rotatable bonds is 3. The smallest absolute Gasteiger partial charge is 0.0337 e. The van der Waals surface area contributed by atoms with Crippen molar-refractivity contribution in [1.82, 2.24) is 0 Å². The molecule has 1 N–H and O–H groups in total. The number of halogens is 1. The molecule has 16 heavy (non-hydrogen) atoms. The normalized spacial score (nSPS) is 10.1. The quantitative estimate of drug-likeness (QED) is 0.890. The zero-order chi connectivity index (χ0) is 11.4. The van der Waals surface area contributed by atoms with Crippen LogP contribution >= 0.6 is 15.9 Å². The Hall–Kier alpha value is -1.28. The second-order valence-corrected chi connectivity index (χ2v) is 4.57. The Bertz CT molecular complexity index is 462. The van der Waals surface area contributed by atoms with Gasteiger partial charge in [0.05, 0.1) is 0 Å². The molecule has 0 aromatic heterocycles. The van der Waals surface area contributed by atoms with E-state index in [9.17, 15) is 0 Å². The number of benzene rings is 2. The Kier molecular flexibility index (Phi) is 3.62. The average molecular weight is 276 g/mol. The lowest BCUT2D eigenvalue weighted by Gasteiger charge is -2.05. The van der Waals surface area contributed by atoms with Crippen LogP contribution in [0.15, 0.2) is 53.0 Å². The molecule has 82 valence electrons. The first-order valence-corrected chi connectivity index (χ1v) is 6.09. The summed E-state index contributed by atoms with van der Waals surface area (Å²) in [4.78, 5) is 0. The van der Waals surface area contributed by atoms with E-state index in [1.807, 2.05) is 13.1 Å². The van der Waals surface area contributed by atoms with Gasteiger partial charge in [-0.2, -0.15) is 0 Å². The molecule has 2 aromatic rings. The first kappa shape index (κ1) is 11.2. The molecule has 1 nitrogen and oxygen atoms in total. The molecule has 2 rings (SSSR count). The number of hydrogen-bond donors (Lipinski definition) is 1. The molecule has 0 heterocycles. The van der Waals surface area contributed by atoms with E-state index >= 15 is 0 Å². The summed E-state index contributed by atoms with van der Waals surface area (Å²) in [7, 11) is 1.93. The molecule has 0 radical (unpaired) electrons. The van der Waals surface area contributed by atoms with Crippen LogP contribution in [0.4, 0.5) is 5.69 Å². The van der Waals surface area contributed by atoms with E-state index in [2.05, 4.69) is 63.7 Å². The van der Waals surface area contributed by atoms with Crippen LogP contribution in [0.25, 0.3) is 0 Å². The second-order valence-electron chi connectivity index (χ2n) is 3.72. The zero-order valence-corrected chi connectivity index (χ0v) is 10.8. The summed E-state index contributed by atoms with van der Waals surface area (Å²) in [6.07, 6.45) is 0.964. The standard InChI is InChI=1S/C14H14BrN/c1-16-13-8-6-11(7-9-13)10-12-4-2-3-5-14(12)15/h2-9,16H,10H2,1H3. The van der Waals surface area contributed by atoms with Crippen molar-refractivity contribution in [3.63, 3.8) is 0 Å². The molecule has 0 unspecified atom stereocenters. The van der Waals surface area contributed by atoms with E-state index < -0.39 is 0 Å². The van der Waals surface area contributed by atoms with Crippen molar-refractivity contribution in [2.75, 3.05) is 12.4 Å². The van der Waals surface area contributed by atoms with Gasteiger partial charge < -0.3 is 5.32 Å². The van der Waals surface area contributed by atoms with E-state index in [4.69, 9.17) is 0 Å². The van der Waals surface area contributed by atoms with Crippen molar-refractivity contribution >= 4 is 21.6 Å². The molecule has 2 aromatic carbocycles. The minimum absolute atomic E-state index is 0.964. The van der Waals surface area contributed by atoms with Crippen molar-refractivity contribution in [2.24, 2.45) is 0 Å². The van der Waals surface area contributed by atoms with Gasteiger partial charge in [-0.15, -0.1) is 0 Å². The maximum atomic E-state index is 3.57. The van der Waals surface area contributed by atoms with Crippen molar-refractivity contribution in [3.8, 4) is 0 Å². The molecule has 0 aliphatic heterocycles. The monoisotopic (exact) mass is 275 g/mol. The summed E-state index contributed by atoms with van der Waals surface area (Å²) < 4.78 is 1.17. The van der Waals surface area contributed by atoms with E-state index in [-0.39, 0.29) is 0 Å². The Morgan fingerprint density at radius 2 is 1.69 bits per heavy atom. The van der Waals surface area contributed by atoms with Crippen LogP contribution in [-0.4, -0.2) is 7.05 Å². The van der Waals surface area contributed by atoms with Crippen LogP contribution in [0.5, 0.6) is 0 Å². The van der Waals surface area contributed by atoms with Gasteiger partial charge in [-0.05, 0) is 35.7 Å². The fourth-order valence-corrected chi connectivity index (χ4v) is 2.08. The van der Waals surface area contributed by atoms with Gasteiger partial charge in [0, 0.05) is 17.2 Å². The van der Waals surface area contributed by atoms with Gasteiger partial charge in [-0.3, -0.25) is 0 Å². The molecular weight excluding hydrogens is 262 g/mol. The number of nitrogens with one attached hydrogen (secondary N) is 1. The van der Waals surface area contributed by atoms with Crippen molar-refractivity contribution in [3.05, 3.63) is 64.1 Å². The molecule has 0 fully saturated rings. The topological polar surface area (TPSA) is 12.0 Å². The third kappa shape index (κ3) is 2.64. The molecule has 0 aliphatic rings. The summed E-state index contributed by atoms with van der Waals surface area (Å²) in [6.45, 7) is 0. The van der Waals surface area contributed by atoms with E-state index in [0.29, 0.717) is 0 Å². The molecule has 0 bridgehead atoms. The van der Waals surface area contributed by atoms with Gasteiger partial charge in [0.2, 0.25) is 0 Å². The van der Waals surface area contributed by atoms with Gasteiger partial charge in [0.1, 0.15) is 0 Å². The summed E-state index contributed by atoms with van der Waals surface area (Å²) in [5, 5.41) is 3.12. The molecule has 0 amide bonds. The lowest BCUT2D eigenvalue weighted by molar-refractivity contribution is 1.18. The molecule has 0 atom stereocenters. The third-order valence-corrected chi connectivity index (χ3v) is 3.37. The van der Waals surface area contributed by atoms with E-state index in [1.165, 1.54) is 15.6 Å². The maximum absolute atomic E-state index is 3.57. The summed E-state index contributed by atoms with van der Waals surface area (Å²) in [5.74, 6) is 0. The Balaban J connectivity index is 2.18. The summed E-state index contributed by atoms with van der Waals surface area (Å²) in [5.41, 5.74) is 3.79. The highest BCUT2D eigenvalue weighted by Gasteiger charge is 2.00. The summed E-state index contributed by atoms with van der Waals surface area (Å²) in [6, 6.07) is 16.9. The largest absolute Gasteiger partial charge is 0.388 e. The third-order valence-electron chi connectivity index (χ3n) is 2.60. The Labute approximate surface area is 105 Å². The van der Waals surface area contributed by atoms with Crippen LogP contribution in [0.2, 0.25) is 0 Å². The first-order chi connectivity index (χ1) is 7.79. The predicted molar refractivity (Wildman–Crippen MR) is 72.9 cm³/mol. The van der Waals surface area contributed by atoms with Crippen LogP contribution in [0.1, 0.15) is 11.1 Å². The Morgan fingerprint density at radius 1 is 1.00 bits per heavy atom. The first-order valence-electron chi connectivity index (χ1n) is 5.29. The van der Waals surface area contributed by atoms with Crippen LogP contribution < -0.4 is 5.32 Å². The Morgan fingerprint density at radius 3 is 2.31 bits per heavy atom. The second kappa shape index (κ2) is 5.17. The predicted octanol–water partition coefficient (Wildman–Crippen LogP) is 4.08. The van der Waals surface area contributed by atoms with Gasteiger partial charge in [-0.25, -0.2) is 0 Å². The van der Waals surface area contributed by atoms with Crippen molar-refractivity contribution in [2.45, 2.75) is 6.42 Å². The fourth-order valence-electron chi connectivity index (χ4n) is 1.65. The highest BCUT2D eigenvalue weighted by molar-refractivity contribution is 9.10. The van der Waals surface area contributed by atoms with Crippen molar-refractivity contribution < 1.29 is 0 Å². The SMILES string of the molecule is CNc1ccc(Cc2ccccc2Br)cc1. The molecule has 0 spiro atoms. The molecular formula is C14H14BrN. The molecule has 0 aliphatic carbocycles. The van der Waals surface area contributed by atoms with Crippen LogP contribution in [0, 0.1) is 0 Å². The molecule has 0 saturated carbocycles. The van der Waals surface area contributed by atoms with Gasteiger partial charge >= 0.3 is 0 Å². The summed E-state index contributed by atoms with van der Waals surface area (Å²) >= 11 is 3.57. The van der Waals surface area contributed by atoms with Gasteiger partial charge in [0.15, 0.2) is 0 Å². The van der Waals surface area contributed by atoms with E-state index in [1.54, 1.807) is 0 Å². The lowest BCUT2D eigenvalue weighted by Crippen LogP contribution is -1.91. The van der Waals surface area contributed by atoms with Crippen molar-refractivity contribution in [1.29, 1.82) is 0 Å². The van der Waals surface area contributed by atoms with Gasteiger partial charge in [-0.1, -0.05) is 46.3 Å². The zero-order valence-electron chi connectivity index (χ0n) is 9.20. The highest BCUT2D eigenvalue weighted by Crippen LogP contribution is 2.20. The molecule has 2 heteroatoms. The van der Waals surface area contributed by atoms with Gasteiger partial charge in [0.25, 0.3) is 0 Å². The minimum atomic E-state index is 0.964. The lowest BCUT2D eigenvalue weighted by atomic mass is 10.0. The molecule has 0 saturated heterocycles. The van der Waals surface area contributed by atoms with Crippen LogP contribution in [0.3, 0.4) is 0 Å². The highest BCUT2D eigenvalue weighted by atomic mass is 79.9. The maximum Gasteiger partial charge on any atom is 0.0337 e. The number of anilines is 1. The average Bonchev–Trinajstić information content (AvgIpc) is 2.33. The van der Waals surface area contributed by atoms with Crippen LogP contribution in [-0.2, 0) is 6.42 Å². The van der Waals surface area contributed by atoms with E-state index in [0.717, 1.165) is 12.1 Å².